The molecular weight excluding hydrogens is 529 g/mol. The summed E-state index contributed by atoms with van der Waals surface area (Å²) in [6, 6.07) is 9.41. The van der Waals surface area contributed by atoms with Crippen molar-refractivity contribution < 1.29 is 13.2 Å². The van der Waals surface area contributed by atoms with Crippen molar-refractivity contribution in [3.63, 3.8) is 0 Å². The highest BCUT2D eigenvalue weighted by atomic mass is 127. The number of carbonyl (C=O) groups is 1. The van der Waals surface area contributed by atoms with E-state index in [4.69, 9.17) is 0 Å². The molecule has 1 fully saturated rings. The third kappa shape index (κ3) is 8.93. The van der Waals surface area contributed by atoms with Gasteiger partial charge < -0.3 is 15.5 Å². The minimum atomic E-state index is -3.41. The van der Waals surface area contributed by atoms with Crippen LogP contribution < -0.4 is 15.4 Å². The summed E-state index contributed by atoms with van der Waals surface area (Å²) < 4.78 is 27.1. The lowest BCUT2D eigenvalue weighted by Crippen LogP contribution is -2.44. The number of aliphatic imine (C=N–C) groups is 1. The zero-order chi connectivity index (χ0) is 22.0. The second kappa shape index (κ2) is 13.2. The highest BCUT2D eigenvalue weighted by Crippen LogP contribution is 2.39. The SMILES string of the molecule is CCNC(=NCC1(C(=O)N(C)C)CCCC1)NCCS(=O)(=O)NCc1ccccc1.I. The first-order valence-electron chi connectivity index (χ1n) is 10.5. The van der Waals surface area contributed by atoms with Crippen LogP contribution in [0.3, 0.4) is 0 Å². The van der Waals surface area contributed by atoms with E-state index in [1.165, 1.54) is 0 Å². The minimum absolute atomic E-state index is 0. The monoisotopic (exact) mass is 565 g/mol. The maximum atomic E-state index is 12.7. The number of rotatable bonds is 10. The first-order valence-corrected chi connectivity index (χ1v) is 12.2. The van der Waals surface area contributed by atoms with E-state index in [0.29, 0.717) is 19.0 Å². The van der Waals surface area contributed by atoms with Crippen LogP contribution in [0.1, 0.15) is 38.2 Å². The van der Waals surface area contributed by atoms with Gasteiger partial charge in [-0.3, -0.25) is 9.79 Å². The number of hydrogen-bond acceptors (Lipinski definition) is 4. The van der Waals surface area contributed by atoms with Crippen LogP contribution in [-0.2, 0) is 21.4 Å². The molecule has 0 saturated heterocycles. The minimum Gasteiger partial charge on any atom is -0.357 e. The van der Waals surface area contributed by atoms with E-state index < -0.39 is 15.4 Å². The third-order valence-corrected chi connectivity index (χ3v) is 6.63. The quantitative estimate of drug-likeness (QED) is 0.229. The molecule has 176 valence electrons. The summed E-state index contributed by atoms with van der Waals surface area (Å²) in [7, 11) is 0.147. The number of nitrogens with one attached hydrogen (secondary N) is 3. The molecule has 10 heteroatoms. The van der Waals surface area contributed by atoms with Crippen molar-refractivity contribution in [3.8, 4) is 0 Å². The molecule has 0 bridgehead atoms. The van der Waals surface area contributed by atoms with Gasteiger partial charge in [-0.25, -0.2) is 13.1 Å². The number of nitrogens with zero attached hydrogens (tertiary/aromatic N) is 2. The number of benzene rings is 1. The number of sulfonamides is 1. The molecule has 0 radical (unpaired) electrons. The average Bonchev–Trinajstić information content (AvgIpc) is 3.21. The molecule has 8 nitrogen and oxygen atoms in total. The summed E-state index contributed by atoms with van der Waals surface area (Å²) in [6.07, 6.45) is 3.74. The van der Waals surface area contributed by atoms with Gasteiger partial charge in [0.05, 0.1) is 17.7 Å². The van der Waals surface area contributed by atoms with Crippen LogP contribution in [0.5, 0.6) is 0 Å². The summed E-state index contributed by atoms with van der Waals surface area (Å²) in [5.41, 5.74) is 0.464. The Hall–Kier alpha value is -1.40. The van der Waals surface area contributed by atoms with E-state index in [1.807, 2.05) is 37.3 Å². The summed E-state index contributed by atoms with van der Waals surface area (Å²) in [6.45, 7) is 3.50. The van der Waals surface area contributed by atoms with Gasteiger partial charge in [0.2, 0.25) is 15.9 Å². The molecule has 0 aromatic heterocycles. The van der Waals surface area contributed by atoms with Crippen LogP contribution in [0.25, 0.3) is 0 Å². The Labute approximate surface area is 203 Å². The molecule has 0 atom stereocenters. The zero-order valence-corrected chi connectivity index (χ0v) is 21.8. The molecule has 1 amide bonds. The predicted molar refractivity (Wildman–Crippen MR) is 136 cm³/mol. The topological polar surface area (TPSA) is 103 Å². The van der Waals surface area contributed by atoms with Crippen LogP contribution in [0.2, 0.25) is 0 Å². The van der Waals surface area contributed by atoms with Gasteiger partial charge in [-0.1, -0.05) is 43.2 Å². The largest absolute Gasteiger partial charge is 0.357 e. The summed E-state index contributed by atoms with van der Waals surface area (Å²) in [5.74, 6) is 0.590. The Morgan fingerprint density at radius 3 is 2.35 bits per heavy atom. The van der Waals surface area contributed by atoms with Crippen LogP contribution >= 0.6 is 24.0 Å². The third-order valence-electron chi connectivity index (χ3n) is 5.31. The number of carbonyl (C=O) groups excluding carboxylic acids is 1. The van der Waals surface area contributed by atoms with Gasteiger partial charge in [-0.15, -0.1) is 24.0 Å². The maximum absolute atomic E-state index is 12.7. The Morgan fingerprint density at radius 2 is 1.77 bits per heavy atom. The van der Waals surface area contributed by atoms with Crippen molar-refractivity contribution in [1.82, 2.24) is 20.3 Å². The average molecular weight is 566 g/mol. The zero-order valence-electron chi connectivity index (χ0n) is 18.7. The van der Waals surface area contributed by atoms with E-state index in [-0.39, 0.29) is 48.7 Å². The normalized spacial score (nSPS) is 15.8. The molecule has 0 unspecified atom stereocenters. The van der Waals surface area contributed by atoms with Crippen LogP contribution in [0.15, 0.2) is 35.3 Å². The lowest BCUT2D eigenvalue weighted by Gasteiger charge is -2.29. The van der Waals surface area contributed by atoms with Crippen molar-refractivity contribution >= 4 is 45.9 Å². The Kier molecular flexibility index (Phi) is 11.8. The van der Waals surface area contributed by atoms with Crippen molar-refractivity contribution in [3.05, 3.63) is 35.9 Å². The fraction of sp³-hybridized carbons (Fsp3) is 0.619. The van der Waals surface area contributed by atoms with Gasteiger partial charge in [0, 0.05) is 33.7 Å². The molecule has 1 aliphatic carbocycles. The molecule has 1 aromatic rings. The van der Waals surface area contributed by atoms with Gasteiger partial charge in [0.1, 0.15) is 0 Å². The number of halogens is 1. The standard InChI is InChI=1S/C21H35N5O3S.HI/c1-4-22-20(24-17-21(12-8-9-13-21)19(27)26(2)3)23-14-15-30(28,29)25-16-18-10-6-5-7-11-18;/h5-7,10-11,25H,4,8-9,12-17H2,1-3H3,(H2,22,23,24);1H. The highest BCUT2D eigenvalue weighted by molar-refractivity contribution is 14.0. The summed E-state index contributed by atoms with van der Waals surface area (Å²) in [4.78, 5) is 19.0. The lowest BCUT2D eigenvalue weighted by molar-refractivity contribution is -0.138. The Bertz CT molecular complexity index is 810. The fourth-order valence-electron chi connectivity index (χ4n) is 3.70. The first-order chi connectivity index (χ1) is 14.3. The molecule has 0 spiro atoms. The van der Waals surface area contributed by atoms with E-state index in [9.17, 15) is 13.2 Å². The molecule has 1 saturated carbocycles. The second-order valence-electron chi connectivity index (χ2n) is 7.93. The van der Waals surface area contributed by atoms with Crippen molar-refractivity contribution in [2.75, 3.05) is 39.5 Å². The molecule has 1 aliphatic rings. The first kappa shape index (κ1) is 27.6. The Balaban J connectivity index is 0.00000480. The van der Waals surface area contributed by atoms with Crippen LogP contribution in [0.4, 0.5) is 0 Å². The van der Waals surface area contributed by atoms with E-state index in [1.54, 1.807) is 19.0 Å². The fourth-order valence-corrected chi connectivity index (χ4v) is 4.60. The van der Waals surface area contributed by atoms with Gasteiger partial charge in [-0.2, -0.15) is 0 Å². The van der Waals surface area contributed by atoms with Crippen LogP contribution in [-0.4, -0.2) is 64.7 Å². The molecule has 3 N–H and O–H groups in total. The van der Waals surface area contributed by atoms with E-state index >= 15 is 0 Å². The van der Waals surface area contributed by atoms with Gasteiger partial charge >= 0.3 is 0 Å². The van der Waals surface area contributed by atoms with E-state index in [2.05, 4.69) is 20.3 Å². The van der Waals surface area contributed by atoms with Gasteiger partial charge in [-0.05, 0) is 25.3 Å². The molecule has 31 heavy (non-hydrogen) atoms. The van der Waals surface area contributed by atoms with E-state index in [0.717, 1.165) is 31.2 Å². The summed E-state index contributed by atoms with van der Waals surface area (Å²) in [5, 5.41) is 6.21. The second-order valence-corrected chi connectivity index (χ2v) is 9.86. The smallest absolute Gasteiger partial charge is 0.230 e. The number of guanidine groups is 1. The predicted octanol–water partition coefficient (Wildman–Crippen LogP) is 1.93. The van der Waals surface area contributed by atoms with Crippen molar-refractivity contribution in [2.45, 2.75) is 39.2 Å². The lowest BCUT2D eigenvalue weighted by atomic mass is 9.85. The molecule has 0 aliphatic heterocycles. The van der Waals surface area contributed by atoms with Crippen LogP contribution in [0, 0.1) is 5.41 Å². The number of hydrogen-bond donors (Lipinski definition) is 3. The maximum Gasteiger partial charge on any atom is 0.230 e. The van der Waals surface area contributed by atoms with Gasteiger partial charge in [0.25, 0.3) is 0 Å². The Morgan fingerprint density at radius 1 is 1.13 bits per heavy atom. The summed E-state index contributed by atoms with van der Waals surface area (Å²) >= 11 is 0. The van der Waals surface area contributed by atoms with Crippen molar-refractivity contribution in [1.29, 1.82) is 0 Å². The molecule has 1 aromatic carbocycles. The molecular formula is C21H36IN5O3S. The molecule has 0 heterocycles. The highest BCUT2D eigenvalue weighted by Gasteiger charge is 2.42. The van der Waals surface area contributed by atoms with Gasteiger partial charge in [0.15, 0.2) is 5.96 Å². The number of amides is 1. The van der Waals surface area contributed by atoms with Crippen molar-refractivity contribution in [2.24, 2.45) is 10.4 Å². The molecule has 2 rings (SSSR count).